The number of carbonyl (C=O) groups is 1. The van der Waals surface area contributed by atoms with Crippen LogP contribution in [-0.2, 0) is 17.6 Å². The van der Waals surface area contributed by atoms with Gasteiger partial charge in [-0.25, -0.2) is 4.98 Å². The molecule has 120 valence electrons. The Morgan fingerprint density at radius 3 is 2.87 bits per heavy atom. The van der Waals surface area contributed by atoms with Crippen molar-refractivity contribution in [2.45, 2.75) is 19.8 Å². The molecule has 1 aromatic heterocycles. The van der Waals surface area contributed by atoms with Gasteiger partial charge in [0.25, 0.3) is 0 Å². The molecule has 0 saturated heterocycles. The van der Waals surface area contributed by atoms with Crippen LogP contribution in [0.5, 0.6) is 0 Å². The summed E-state index contributed by atoms with van der Waals surface area (Å²) in [5.74, 6) is -0.0541. The summed E-state index contributed by atoms with van der Waals surface area (Å²) in [6.45, 7) is 4.53. The summed E-state index contributed by atoms with van der Waals surface area (Å²) in [6.07, 6.45) is 6.36. The van der Waals surface area contributed by atoms with Crippen molar-refractivity contribution in [3.8, 4) is 0 Å². The topological polar surface area (TPSA) is 45.2 Å². The molecule has 0 bridgehead atoms. The second-order valence-corrected chi connectivity index (χ2v) is 6.77. The van der Waals surface area contributed by atoms with E-state index in [1.165, 1.54) is 17.4 Å². The van der Waals surface area contributed by atoms with E-state index in [9.17, 15) is 4.79 Å². The molecule has 2 heterocycles. The number of fused-ring (bicyclic) bond motifs is 1. The van der Waals surface area contributed by atoms with Crippen LogP contribution in [0, 0.1) is 0 Å². The third-order valence-electron chi connectivity index (χ3n) is 3.85. The van der Waals surface area contributed by atoms with Crippen LogP contribution in [0.2, 0.25) is 0 Å². The number of hydrogen-bond donors (Lipinski definition) is 1. The second-order valence-electron chi connectivity index (χ2n) is 5.68. The molecule has 1 aliphatic rings. The van der Waals surface area contributed by atoms with Gasteiger partial charge in [-0.05, 0) is 12.0 Å². The standard InChI is InChI=1S/C18H21N3OS/c1-14(22)19-18-20-16-9-12-21(13-10-17(16)23-18)11-5-8-15-6-3-2-4-7-15/h2-8H,9-13H2,1H3,(H,19,20,22). The molecule has 23 heavy (non-hydrogen) atoms. The monoisotopic (exact) mass is 327 g/mol. The average Bonchev–Trinajstić information content (AvgIpc) is 2.82. The van der Waals surface area contributed by atoms with E-state index in [1.807, 2.05) is 6.07 Å². The highest BCUT2D eigenvalue weighted by Gasteiger charge is 2.17. The van der Waals surface area contributed by atoms with Crippen LogP contribution in [0.15, 0.2) is 36.4 Å². The fourth-order valence-corrected chi connectivity index (χ4v) is 3.74. The predicted molar refractivity (Wildman–Crippen MR) is 95.7 cm³/mol. The highest BCUT2D eigenvalue weighted by molar-refractivity contribution is 7.15. The maximum atomic E-state index is 11.1. The van der Waals surface area contributed by atoms with Crippen molar-refractivity contribution in [2.75, 3.05) is 25.0 Å². The molecule has 5 heteroatoms. The van der Waals surface area contributed by atoms with E-state index in [0.29, 0.717) is 0 Å². The van der Waals surface area contributed by atoms with Gasteiger partial charge in [0.05, 0.1) is 5.69 Å². The molecule has 4 nitrogen and oxygen atoms in total. The highest BCUT2D eigenvalue weighted by Crippen LogP contribution is 2.26. The Kier molecular flexibility index (Phi) is 5.20. The number of hydrogen-bond acceptors (Lipinski definition) is 4. The van der Waals surface area contributed by atoms with E-state index in [0.717, 1.165) is 43.3 Å². The van der Waals surface area contributed by atoms with Gasteiger partial charge in [0.15, 0.2) is 5.13 Å². The molecule has 1 aromatic carbocycles. The zero-order chi connectivity index (χ0) is 16.1. The zero-order valence-corrected chi connectivity index (χ0v) is 14.1. The second kappa shape index (κ2) is 7.53. The number of aromatic nitrogens is 1. The summed E-state index contributed by atoms with van der Waals surface area (Å²) in [7, 11) is 0. The van der Waals surface area contributed by atoms with Gasteiger partial charge in [-0.2, -0.15) is 0 Å². The average molecular weight is 327 g/mol. The zero-order valence-electron chi connectivity index (χ0n) is 13.3. The van der Waals surface area contributed by atoms with Gasteiger partial charge in [0, 0.05) is 37.9 Å². The molecule has 0 fully saturated rings. The SMILES string of the molecule is CC(=O)Nc1nc2c(s1)CCN(CC=Cc1ccccc1)CC2. The smallest absolute Gasteiger partial charge is 0.223 e. The van der Waals surface area contributed by atoms with Gasteiger partial charge in [-0.1, -0.05) is 42.5 Å². The first-order valence-electron chi connectivity index (χ1n) is 7.91. The van der Waals surface area contributed by atoms with Gasteiger partial charge >= 0.3 is 0 Å². The van der Waals surface area contributed by atoms with E-state index in [2.05, 4.69) is 51.6 Å². The summed E-state index contributed by atoms with van der Waals surface area (Å²) in [6, 6.07) is 10.4. The minimum absolute atomic E-state index is 0.0541. The molecule has 0 atom stereocenters. The van der Waals surface area contributed by atoms with Crippen LogP contribution in [0.3, 0.4) is 0 Å². The van der Waals surface area contributed by atoms with E-state index in [4.69, 9.17) is 0 Å². The Hall–Kier alpha value is -1.98. The summed E-state index contributed by atoms with van der Waals surface area (Å²) in [5.41, 5.74) is 2.39. The molecule has 0 saturated carbocycles. The van der Waals surface area contributed by atoms with Crippen molar-refractivity contribution in [1.82, 2.24) is 9.88 Å². The third kappa shape index (κ3) is 4.50. The van der Waals surface area contributed by atoms with Gasteiger partial charge in [-0.15, -0.1) is 11.3 Å². The number of nitrogens with zero attached hydrogens (tertiary/aromatic N) is 2. The summed E-state index contributed by atoms with van der Waals surface area (Å²) in [5, 5.41) is 3.53. The lowest BCUT2D eigenvalue weighted by Gasteiger charge is -2.17. The van der Waals surface area contributed by atoms with Gasteiger partial charge in [0.1, 0.15) is 0 Å². The number of thiazole rings is 1. The molecular weight excluding hydrogens is 306 g/mol. The number of benzene rings is 1. The quantitative estimate of drug-likeness (QED) is 0.938. The number of rotatable bonds is 4. The maximum absolute atomic E-state index is 11.1. The van der Waals surface area contributed by atoms with E-state index in [1.54, 1.807) is 11.3 Å². The first-order valence-corrected chi connectivity index (χ1v) is 8.72. The predicted octanol–water partition coefficient (Wildman–Crippen LogP) is 3.22. The number of amides is 1. The van der Waals surface area contributed by atoms with E-state index >= 15 is 0 Å². The maximum Gasteiger partial charge on any atom is 0.223 e. The summed E-state index contributed by atoms with van der Waals surface area (Å²) >= 11 is 1.61. The Morgan fingerprint density at radius 2 is 2.09 bits per heavy atom. The molecule has 2 aromatic rings. The lowest BCUT2D eigenvalue weighted by atomic mass is 10.2. The Balaban J connectivity index is 1.54. The van der Waals surface area contributed by atoms with Crippen LogP contribution in [0.4, 0.5) is 5.13 Å². The van der Waals surface area contributed by atoms with Crippen molar-refractivity contribution in [2.24, 2.45) is 0 Å². The van der Waals surface area contributed by atoms with Crippen LogP contribution in [0.1, 0.15) is 23.1 Å². The summed E-state index contributed by atoms with van der Waals surface area (Å²) in [4.78, 5) is 19.4. The molecule has 1 aliphatic heterocycles. The fourth-order valence-electron chi connectivity index (χ4n) is 2.70. The largest absolute Gasteiger partial charge is 0.302 e. The van der Waals surface area contributed by atoms with Gasteiger partial charge in [0.2, 0.25) is 5.91 Å². The molecular formula is C18H21N3OS. The number of anilines is 1. The molecule has 0 spiro atoms. The van der Waals surface area contributed by atoms with Crippen LogP contribution in [-0.4, -0.2) is 35.4 Å². The van der Waals surface area contributed by atoms with Gasteiger partial charge < -0.3 is 5.32 Å². The van der Waals surface area contributed by atoms with Crippen molar-refractivity contribution < 1.29 is 4.79 Å². The minimum atomic E-state index is -0.0541. The first-order chi connectivity index (χ1) is 11.2. The Bertz CT molecular complexity index is 668. The van der Waals surface area contributed by atoms with Crippen LogP contribution < -0.4 is 5.32 Å². The molecule has 1 N–H and O–H groups in total. The lowest BCUT2D eigenvalue weighted by molar-refractivity contribution is -0.114. The van der Waals surface area contributed by atoms with E-state index in [-0.39, 0.29) is 5.91 Å². The Morgan fingerprint density at radius 1 is 1.30 bits per heavy atom. The lowest BCUT2D eigenvalue weighted by Crippen LogP contribution is -2.26. The van der Waals surface area contributed by atoms with Crippen molar-refractivity contribution >= 4 is 28.5 Å². The molecule has 0 unspecified atom stereocenters. The van der Waals surface area contributed by atoms with E-state index < -0.39 is 0 Å². The number of carbonyl (C=O) groups excluding carboxylic acids is 1. The van der Waals surface area contributed by atoms with Crippen molar-refractivity contribution in [3.63, 3.8) is 0 Å². The summed E-state index contributed by atoms with van der Waals surface area (Å²) < 4.78 is 0. The minimum Gasteiger partial charge on any atom is -0.302 e. The van der Waals surface area contributed by atoms with Crippen LogP contribution in [0.25, 0.3) is 6.08 Å². The van der Waals surface area contributed by atoms with Crippen LogP contribution >= 0.6 is 11.3 Å². The Labute approximate surface area is 140 Å². The van der Waals surface area contributed by atoms with Crippen molar-refractivity contribution in [1.29, 1.82) is 0 Å². The number of nitrogens with one attached hydrogen (secondary N) is 1. The normalized spacial score (nSPS) is 15.3. The molecule has 0 radical (unpaired) electrons. The first kappa shape index (κ1) is 15.9. The molecule has 3 rings (SSSR count). The molecule has 0 aliphatic carbocycles. The molecule has 1 amide bonds. The van der Waals surface area contributed by atoms with Gasteiger partial charge in [-0.3, -0.25) is 9.69 Å². The van der Waals surface area contributed by atoms with Crippen molar-refractivity contribution in [3.05, 3.63) is 52.5 Å². The fraction of sp³-hybridized carbons (Fsp3) is 0.333. The highest BCUT2D eigenvalue weighted by atomic mass is 32.1. The third-order valence-corrected chi connectivity index (χ3v) is 4.93.